The number of nitrogens with one attached hydrogen (secondary N) is 2. The Hall–Kier alpha value is -1.92. The van der Waals surface area contributed by atoms with Gasteiger partial charge in [-0.25, -0.2) is 0 Å². The van der Waals surface area contributed by atoms with Crippen LogP contribution in [0.15, 0.2) is 30.3 Å². The van der Waals surface area contributed by atoms with E-state index in [1.807, 2.05) is 30.3 Å². The van der Waals surface area contributed by atoms with Gasteiger partial charge in [0.25, 0.3) is 0 Å². The maximum atomic E-state index is 12.1. The SMILES string of the molecule is CC(C)(CO)NC(=O)C(=O)NCC1(c2ccccc2)CCOCC1. The van der Waals surface area contributed by atoms with Crippen LogP contribution in [0.4, 0.5) is 0 Å². The molecule has 2 rings (SSSR count). The minimum Gasteiger partial charge on any atom is -0.394 e. The number of hydrogen-bond donors (Lipinski definition) is 3. The molecule has 1 fully saturated rings. The predicted molar refractivity (Wildman–Crippen MR) is 90.5 cm³/mol. The highest BCUT2D eigenvalue weighted by molar-refractivity contribution is 6.35. The zero-order valence-corrected chi connectivity index (χ0v) is 14.3. The Morgan fingerprint density at radius 3 is 2.38 bits per heavy atom. The quantitative estimate of drug-likeness (QED) is 0.693. The molecule has 1 heterocycles. The highest BCUT2D eigenvalue weighted by Gasteiger charge is 2.35. The van der Waals surface area contributed by atoms with Crippen molar-refractivity contribution in [2.75, 3.05) is 26.4 Å². The van der Waals surface area contributed by atoms with Crippen molar-refractivity contribution in [1.29, 1.82) is 0 Å². The average Bonchev–Trinajstić information content (AvgIpc) is 2.61. The number of aliphatic hydroxyl groups is 1. The largest absolute Gasteiger partial charge is 0.394 e. The first-order valence-electron chi connectivity index (χ1n) is 8.23. The lowest BCUT2D eigenvalue weighted by Gasteiger charge is -2.38. The van der Waals surface area contributed by atoms with Gasteiger partial charge < -0.3 is 20.5 Å². The lowest BCUT2D eigenvalue weighted by atomic mass is 9.74. The Morgan fingerprint density at radius 2 is 1.79 bits per heavy atom. The summed E-state index contributed by atoms with van der Waals surface area (Å²) in [7, 11) is 0. The van der Waals surface area contributed by atoms with Crippen molar-refractivity contribution in [3.05, 3.63) is 35.9 Å². The van der Waals surface area contributed by atoms with Crippen LogP contribution in [-0.2, 0) is 19.7 Å². The van der Waals surface area contributed by atoms with E-state index in [0.29, 0.717) is 19.8 Å². The summed E-state index contributed by atoms with van der Waals surface area (Å²) in [6, 6.07) is 10.0. The molecule has 1 aromatic rings. The number of carbonyl (C=O) groups excluding carboxylic acids is 2. The van der Waals surface area contributed by atoms with Crippen LogP contribution in [0, 0.1) is 0 Å². The van der Waals surface area contributed by atoms with Crippen LogP contribution in [-0.4, -0.2) is 48.8 Å². The smallest absolute Gasteiger partial charge is 0.309 e. The topological polar surface area (TPSA) is 87.7 Å². The first kappa shape index (κ1) is 18.4. The van der Waals surface area contributed by atoms with Gasteiger partial charge in [-0.15, -0.1) is 0 Å². The number of rotatable bonds is 5. The fourth-order valence-electron chi connectivity index (χ4n) is 2.85. The molecule has 132 valence electrons. The summed E-state index contributed by atoms with van der Waals surface area (Å²) in [6.45, 7) is 4.72. The molecule has 0 unspecified atom stereocenters. The Kier molecular flexibility index (Phi) is 5.96. The number of carbonyl (C=O) groups is 2. The summed E-state index contributed by atoms with van der Waals surface area (Å²) in [4.78, 5) is 24.1. The second-order valence-corrected chi connectivity index (χ2v) is 6.94. The molecule has 0 aromatic heterocycles. The normalized spacial score (nSPS) is 17.1. The van der Waals surface area contributed by atoms with E-state index in [1.165, 1.54) is 0 Å². The van der Waals surface area contributed by atoms with Gasteiger partial charge in [-0.1, -0.05) is 30.3 Å². The molecule has 0 atom stereocenters. The van der Waals surface area contributed by atoms with Gasteiger partial charge >= 0.3 is 11.8 Å². The molecule has 0 aliphatic carbocycles. The van der Waals surface area contributed by atoms with E-state index in [0.717, 1.165) is 18.4 Å². The molecule has 2 amide bonds. The van der Waals surface area contributed by atoms with Gasteiger partial charge in [0.15, 0.2) is 0 Å². The first-order chi connectivity index (χ1) is 11.4. The highest BCUT2D eigenvalue weighted by atomic mass is 16.5. The van der Waals surface area contributed by atoms with E-state index in [-0.39, 0.29) is 12.0 Å². The number of benzene rings is 1. The molecule has 1 saturated heterocycles. The third-order valence-electron chi connectivity index (χ3n) is 4.48. The summed E-state index contributed by atoms with van der Waals surface area (Å²) in [5, 5.41) is 14.5. The number of ether oxygens (including phenoxy) is 1. The molecule has 3 N–H and O–H groups in total. The second kappa shape index (κ2) is 7.77. The monoisotopic (exact) mass is 334 g/mol. The van der Waals surface area contributed by atoms with E-state index in [4.69, 9.17) is 4.74 Å². The molecule has 6 nitrogen and oxygen atoms in total. The van der Waals surface area contributed by atoms with E-state index in [9.17, 15) is 14.7 Å². The molecule has 0 spiro atoms. The van der Waals surface area contributed by atoms with E-state index in [2.05, 4.69) is 10.6 Å². The molecule has 1 aromatic carbocycles. The van der Waals surface area contributed by atoms with Crippen molar-refractivity contribution in [2.45, 2.75) is 37.6 Å². The van der Waals surface area contributed by atoms with Crippen LogP contribution in [0.5, 0.6) is 0 Å². The van der Waals surface area contributed by atoms with Crippen molar-refractivity contribution >= 4 is 11.8 Å². The molecule has 24 heavy (non-hydrogen) atoms. The maximum Gasteiger partial charge on any atom is 0.309 e. The lowest BCUT2D eigenvalue weighted by molar-refractivity contribution is -0.140. The molecule has 6 heteroatoms. The van der Waals surface area contributed by atoms with Crippen molar-refractivity contribution < 1.29 is 19.4 Å². The average molecular weight is 334 g/mol. The zero-order valence-electron chi connectivity index (χ0n) is 14.3. The van der Waals surface area contributed by atoms with Gasteiger partial charge in [0.2, 0.25) is 0 Å². The molecule has 0 radical (unpaired) electrons. The summed E-state index contributed by atoms with van der Waals surface area (Å²) >= 11 is 0. The second-order valence-electron chi connectivity index (χ2n) is 6.94. The van der Waals surface area contributed by atoms with Crippen LogP contribution in [0.1, 0.15) is 32.3 Å². The number of hydrogen-bond acceptors (Lipinski definition) is 4. The van der Waals surface area contributed by atoms with Crippen LogP contribution >= 0.6 is 0 Å². The first-order valence-corrected chi connectivity index (χ1v) is 8.23. The standard InChI is InChI=1S/C18H26N2O4/c1-17(2,13-21)20-16(23)15(22)19-12-18(8-10-24-11-9-18)14-6-4-3-5-7-14/h3-7,21H,8-13H2,1-2H3,(H,19,22)(H,20,23). The van der Waals surface area contributed by atoms with Crippen LogP contribution < -0.4 is 10.6 Å². The lowest BCUT2D eigenvalue weighted by Crippen LogP contribution is -2.53. The van der Waals surface area contributed by atoms with Gasteiger partial charge in [-0.2, -0.15) is 0 Å². The van der Waals surface area contributed by atoms with Gasteiger partial charge in [-0.3, -0.25) is 9.59 Å². The predicted octanol–water partition coefficient (Wildman–Crippen LogP) is 0.738. The Balaban J connectivity index is 2.03. The van der Waals surface area contributed by atoms with Crippen molar-refractivity contribution in [2.24, 2.45) is 0 Å². The summed E-state index contributed by atoms with van der Waals surface area (Å²) in [6.07, 6.45) is 1.59. The fraction of sp³-hybridized carbons (Fsp3) is 0.556. The van der Waals surface area contributed by atoms with E-state index < -0.39 is 17.4 Å². The maximum absolute atomic E-state index is 12.1. The van der Waals surface area contributed by atoms with Crippen LogP contribution in [0.2, 0.25) is 0 Å². The third kappa shape index (κ3) is 4.55. The van der Waals surface area contributed by atoms with Crippen LogP contribution in [0.3, 0.4) is 0 Å². The van der Waals surface area contributed by atoms with Gasteiger partial charge in [-0.05, 0) is 32.3 Å². The summed E-state index contributed by atoms with van der Waals surface area (Å²) < 4.78 is 5.46. The minimum atomic E-state index is -0.829. The molecular formula is C18H26N2O4. The highest BCUT2D eigenvalue weighted by Crippen LogP contribution is 2.34. The molecule has 1 aliphatic heterocycles. The summed E-state index contributed by atoms with van der Waals surface area (Å²) in [5.41, 5.74) is 0.0938. The van der Waals surface area contributed by atoms with Crippen molar-refractivity contribution in [1.82, 2.24) is 10.6 Å². The Bertz CT molecular complexity index is 566. The number of aliphatic hydroxyl groups excluding tert-OH is 1. The molecule has 1 aliphatic rings. The fourth-order valence-corrected chi connectivity index (χ4v) is 2.85. The molecule has 0 saturated carbocycles. The minimum absolute atomic E-state index is 0.220. The van der Waals surface area contributed by atoms with Gasteiger partial charge in [0, 0.05) is 25.2 Å². The zero-order chi connectivity index (χ0) is 17.6. The number of amides is 2. The third-order valence-corrected chi connectivity index (χ3v) is 4.48. The van der Waals surface area contributed by atoms with E-state index >= 15 is 0 Å². The summed E-state index contributed by atoms with van der Waals surface area (Å²) in [5.74, 6) is -1.41. The molecular weight excluding hydrogens is 308 g/mol. The Morgan fingerprint density at radius 1 is 1.17 bits per heavy atom. The Labute approximate surface area is 142 Å². The van der Waals surface area contributed by atoms with E-state index in [1.54, 1.807) is 13.8 Å². The molecule has 0 bridgehead atoms. The van der Waals surface area contributed by atoms with Gasteiger partial charge in [0.1, 0.15) is 0 Å². The van der Waals surface area contributed by atoms with Gasteiger partial charge in [0.05, 0.1) is 12.1 Å². The van der Waals surface area contributed by atoms with Crippen LogP contribution in [0.25, 0.3) is 0 Å². The van der Waals surface area contributed by atoms with Crippen molar-refractivity contribution in [3.63, 3.8) is 0 Å². The van der Waals surface area contributed by atoms with Crippen molar-refractivity contribution in [3.8, 4) is 0 Å².